The molecule has 2 aromatic carbocycles. The third-order valence-electron chi connectivity index (χ3n) is 5.61. The summed E-state index contributed by atoms with van der Waals surface area (Å²) in [7, 11) is -1.36. The van der Waals surface area contributed by atoms with Crippen molar-refractivity contribution in [1.29, 1.82) is 0 Å². The summed E-state index contributed by atoms with van der Waals surface area (Å²) in [5, 5.41) is 2.84. The number of nitrogens with zero attached hydrogens (tertiary/aromatic N) is 3. The lowest BCUT2D eigenvalue weighted by Crippen LogP contribution is -2.53. The van der Waals surface area contributed by atoms with Crippen molar-refractivity contribution in [2.45, 2.75) is 39.2 Å². The van der Waals surface area contributed by atoms with Crippen LogP contribution in [-0.2, 0) is 26.2 Å². The average Bonchev–Trinajstić information content (AvgIpc) is 2.83. The maximum absolute atomic E-state index is 13.5. The number of nitrogens with one attached hydrogen (secondary N) is 1. The number of hydrogen-bond acceptors (Lipinski definition) is 4. The van der Waals surface area contributed by atoms with Gasteiger partial charge in [0.1, 0.15) is 18.4 Å². The summed E-state index contributed by atoms with van der Waals surface area (Å²) in [4.78, 5) is 27.7. The summed E-state index contributed by atoms with van der Waals surface area (Å²) in [5.41, 5.74) is 1.14. The number of rotatable bonds is 13. The van der Waals surface area contributed by atoms with Gasteiger partial charge in [-0.1, -0.05) is 43.7 Å². The van der Waals surface area contributed by atoms with Crippen LogP contribution in [0.25, 0.3) is 0 Å². The van der Waals surface area contributed by atoms with Gasteiger partial charge in [0.25, 0.3) is 0 Å². The molecule has 10 heteroatoms. The van der Waals surface area contributed by atoms with E-state index in [2.05, 4.69) is 5.32 Å². The van der Waals surface area contributed by atoms with Gasteiger partial charge in [0.05, 0.1) is 5.69 Å². The van der Waals surface area contributed by atoms with Crippen molar-refractivity contribution in [3.8, 4) is 0 Å². The van der Waals surface area contributed by atoms with Crippen LogP contribution in [0.2, 0.25) is 0 Å². The Bertz CT molecular complexity index is 1060. The molecule has 1 N–H and O–H groups in total. The van der Waals surface area contributed by atoms with Crippen molar-refractivity contribution in [3.05, 3.63) is 66.0 Å². The number of carbonyl (C=O) groups excluding carboxylic acids is 2. The molecule has 0 saturated heterocycles. The summed E-state index contributed by atoms with van der Waals surface area (Å²) >= 11 is 0. The van der Waals surface area contributed by atoms with E-state index in [1.165, 1.54) is 31.1 Å². The fourth-order valence-electron chi connectivity index (χ4n) is 3.43. The molecule has 0 fully saturated rings. The maximum atomic E-state index is 13.5. The van der Waals surface area contributed by atoms with E-state index in [1.807, 2.05) is 37.3 Å². The summed E-state index contributed by atoms with van der Waals surface area (Å²) in [6.45, 7) is 3.84. The average molecular weight is 507 g/mol. The van der Waals surface area contributed by atoms with Gasteiger partial charge >= 0.3 is 10.2 Å². The maximum Gasteiger partial charge on any atom is 0.304 e. The number of amides is 2. The second kappa shape index (κ2) is 13.2. The Morgan fingerprint density at radius 2 is 1.66 bits per heavy atom. The Labute approximate surface area is 207 Å². The fraction of sp³-hybridized carbons (Fsp3) is 0.440. The zero-order chi connectivity index (χ0) is 26.0. The van der Waals surface area contributed by atoms with Gasteiger partial charge in [0, 0.05) is 27.2 Å². The van der Waals surface area contributed by atoms with E-state index in [9.17, 15) is 22.4 Å². The molecule has 0 aliphatic heterocycles. The minimum atomic E-state index is -4.07. The predicted molar refractivity (Wildman–Crippen MR) is 136 cm³/mol. The quantitative estimate of drug-likeness (QED) is 0.423. The highest BCUT2D eigenvalue weighted by atomic mass is 32.2. The number of anilines is 1. The van der Waals surface area contributed by atoms with Crippen LogP contribution in [0.5, 0.6) is 0 Å². The van der Waals surface area contributed by atoms with Crippen LogP contribution in [-0.4, -0.2) is 69.2 Å². The molecule has 0 aromatic heterocycles. The SMILES string of the molecule is CCCCNC(=O)[C@@H](C)N(CCc1ccccc1)C(=O)CN(c1ccc(F)cc1)S(=O)(=O)N(C)C. The Balaban J connectivity index is 2.33. The summed E-state index contributed by atoms with van der Waals surface area (Å²) in [6.07, 6.45) is 2.23. The van der Waals surface area contributed by atoms with Crippen molar-refractivity contribution < 1.29 is 22.4 Å². The molecular formula is C25H35FN4O4S. The molecule has 0 spiro atoms. The van der Waals surface area contributed by atoms with E-state index >= 15 is 0 Å². The first-order valence-electron chi connectivity index (χ1n) is 11.6. The molecule has 2 aromatic rings. The highest BCUT2D eigenvalue weighted by Gasteiger charge is 2.32. The number of hydrogen-bond donors (Lipinski definition) is 1. The van der Waals surface area contributed by atoms with Crippen LogP contribution in [0.15, 0.2) is 54.6 Å². The fourth-order valence-corrected chi connectivity index (χ4v) is 4.49. The summed E-state index contributed by atoms with van der Waals surface area (Å²) in [6, 6.07) is 13.6. The topological polar surface area (TPSA) is 90.0 Å². The molecule has 2 amide bonds. The Morgan fingerprint density at radius 3 is 2.23 bits per heavy atom. The van der Waals surface area contributed by atoms with Crippen LogP contribution >= 0.6 is 0 Å². The Morgan fingerprint density at radius 1 is 1.03 bits per heavy atom. The van der Waals surface area contributed by atoms with Crippen LogP contribution in [0.1, 0.15) is 32.3 Å². The zero-order valence-corrected chi connectivity index (χ0v) is 21.6. The third-order valence-corrected chi connectivity index (χ3v) is 7.43. The standard InChI is InChI=1S/C25H35FN4O4S/c1-5-6-17-27-25(32)20(2)29(18-16-21-10-8-7-9-11-21)24(31)19-30(35(33,34)28(3)4)23-14-12-22(26)13-15-23/h7-15,20H,5-6,16-19H2,1-4H3,(H,27,32)/t20-/m1/s1. The molecule has 0 radical (unpaired) electrons. The minimum absolute atomic E-state index is 0.150. The molecule has 8 nitrogen and oxygen atoms in total. The van der Waals surface area contributed by atoms with Crippen LogP contribution in [0.4, 0.5) is 10.1 Å². The van der Waals surface area contributed by atoms with Crippen molar-refractivity contribution in [3.63, 3.8) is 0 Å². The van der Waals surface area contributed by atoms with E-state index in [1.54, 1.807) is 6.92 Å². The molecule has 0 heterocycles. The van der Waals surface area contributed by atoms with Crippen molar-refractivity contribution in [1.82, 2.24) is 14.5 Å². The van der Waals surface area contributed by atoms with Crippen LogP contribution in [0, 0.1) is 5.82 Å². The molecular weight excluding hydrogens is 471 g/mol. The highest BCUT2D eigenvalue weighted by Crippen LogP contribution is 2.21. The molecule has 192 valence electrons. The number of carbonyl (C=O) groups is 2. The van der Waals surface area contributed by atoms with E-state index in [4.69, 9.17) is 0 Å². The first kappa shape index (κ1) is 28.3. The minimum Gasteiger partial charge on any atom is -0.354 e. The van der Waals surface area contributed by atoms with Gasteiger partial charge in [-0.05, 0) is 49.6 Å². The monoisotopic (exact) mass is 506 g/mol. The van der Waals surface area contributed by atoms with Gasteiger partial charge in [-0.2, -0.15) is 12.7 Å². The molecule has 0 bridgehead atoms. The largest absolute Gasteiger partial charge is 0.354 e. The predicted octanol–water partition coefficient (Wildman–Crippen LogP) is 2.81. The first-order chi connectivity index (χ1) is 16.6. The smallest absolute Gasteiger partial charge is 0.304 e. The van der Waals surface area contributed by atoms with Gasteiger partial charge in [-0.15, -0.1) is 0 Å². The van der Waals surface area contributed by atoms with Gasteiger partial charge in [0.15, 0.2) is 0 Å². The van der Waals surface area contributed by atoms with E-state index in [0.29, 0.717) is 13.0 Å². The third kappa shape index (κ3) is 8.03. The van der Waals surface area contributed by atoms with Gasteiger partial charge < -0.3 is 10.2 Å². The molecule has 0 saturated carbocycles. The van der Waals surface area contributed by atoms with Crippen molar-refractivity contribution >= 4 is 27.7 Å². The van der Waals surface area contributed by atoms with E-state index < -0.39 is 34.5 Å². The lowest BCUT2D eigenvalue weighted by molar-refractivity contribution is -0.138. The van der Waals surface area contributed by atoms with Crippen LogP contribution < -0.4 is 9.62 Å². The second-order valence-electron chi connectivity index (χ2n) is 8.42. The second-order valence-corrected chi connectivity index (χ2v) is 10.5. The Hall–Kier alpha value is -2.98. The molecule has 0 unspecified atom stereocenters. The highest BCUT2D eigenvalue weighted by molar-refractivity contribution is 7.90. The molecule has 35 heavy (non-hydrogen) atoms. The Kier molecular flexibility index (Phi) is 10.7. The van der Waals surface area contributed by atoms with E-state index in [-0.39, 0.29) is 18.1 Å². The lowest BCUT2D eigenvalue weighted by atomic mass is 10.1. The number of benzene rings is 2. The van der Waals surface area contributed by atoms with Crippen molar-refractivity contribution in [2.24, 2.45) is 0 Å². The van der Waals surface area contributed by atoms with E-state index in [0.717, 1.165) is 39.1 Å². The first-order valence-corrected chi connectivity index (χ1v) is 13.0. The van der Waals surface area contributed by atoms with Crippen molar-refractivity contribution in [2.75, 3.05) is 38.0 Å². The summed E-state index contributed by atoms with van der Waals surface area (Å²) < 4.78 is 41.5. The summed E-state index contributed by atoms with van der Waals surface area (Å²) in [5.74, 6) is -1.36. The van der Waals surface area contributed by atoms with Gasteiger partial charge in [-0.25, -0.2) is 8.70 Å². The normalized spacial score (nSPS) is 12.3. The van der Waals surface area contributed by atoms with Gasteiger partial charge in [-0.3, -0.25) is 9.59 Å². The molecule has 2 rings (SSSR count). The number of unbranched alkanes of at least 4 members (excludes halogenated alkanes) is 1. The van der Waals surface area contributed by atoms with Crippen LogP contribution in [0.3, 0.4) is 0 Å². The lowest BCUT2D eigenvalue weighted by Gasteiger charge is -2.32. The zero-order valence-electron chi connectivity index (χ0n) is 20.8. The van der Waals surface area contributed by atoms with Gasteiger partial charge in [0.2, 0.25) is 11.8 Å². The number of halogens is 1. The molecule has 0 aliphatic rings. The molecule has 0 aliphatic carbocycles. The molecule has 1 atom stereocenters.